The molecular weight excluding hydrogens is 248 g/mol. The SMILES string of the molecule is CC/C(Cl)=C1/C=C(N2CCOCC2)C=CC1=NC. The van der Waals surface area contributed by atoms with Crippen LogP contribution in [0.2, 0.25) is 0 Å². The highest BCUT2D eigenvalue weighted by Crippen LogP contribution is 2.24. The number of halogens is 1. The van der Waals surface area contributed by atoms with E-state index >= 15 is 0 Å². The van der Waals surface area contributed by atoms with E-state index in [2.05, 4.69) is 29.0 Å². The van der Waals surface area contributed by atoms with E-state index in [1.807, 2.05) is 6.08 Å². The molecule has 2 aliphatic rings. The number of hydrogen-bond acceptors (Lipinski definition) is 3. The molecule has 4 heteroatoms. The lowest BCUT2D eigenvalue weighted by Crippen LogP contribution is -2.35. The first-order chi connectivity index (χ1) is 8.76. The van der Waals surface area contributed by atoms with Crippen LogP contribution in [0.1, 0.15) is 13.3 Å². The predicted octanol–water partition coefficient (Wildman–Crippen LogP) is 2.75. The molecule has 0 aromatic rings. The van der Waals surface area contributed by atoms with Crippen molar-refractivity contribution in [3.8, 4) is 0 Å². The van der Waals surface area contributed by atoms with E-state index in [0.29, 0.717) is 0 Å². The van der Waals surface area contributed by atoms with Crippen LogP contribution in [-0.2, 0) is 4.74 Å². The van der Waals surface area contributed by atoms with Gasteiger partial charge in [0.2, 0.25) is 0 Å². The minimum atomic E-state index is 0.792. The van der Waals surface area contributed by atoms with Crippen LogP contribution in [0.5, 0.6) is 0 Å². The molecule has 2 rings (SSSR count). The van der Waals surface area contributed by atoms with Gasteiger partial charge in [-0.2, -0.15) is 0 Å². The summed E-state index contributed by atoms with van der Waals surface area (Å²) >= 11 is 6.30. The smallest absolute Gasteiger partial charge is 0.0656 e. The first kappa shape index (κ1) is 13.4. The summed E-state index contributed by atoms with van der Waals surface area (Å²) in [5, 5.41) is 0.866. The summed E-state index contributed by atoms with van der Waals surface area (Å²) in [6, 6.07) is 0. The maximum atomic E-state index is 6.30. The Balaban J connectivity index is 2.28. The van der Waals surface area contributed by atoms with Crippen molar-refractivity contribution in [1.29, 1.82) is 0 Å². The molecule has 1 fully saturated rings. The van der Waals surface area contributed by atoms with Gasteiger partial charge in [-0.25, -0.2) is 0 Å². The lowest BCUT2D eigenvalue weighted by atomic mass is 10.0. The van der Waals surface area contributed by atoms with Crippen molar-refractivity contribution < 1.29 is 4.74 Å². The summed E-state index contributed by atoms with van der Waals surface area (Å²) in [5.41, 5.74) is 3.21. The number of aliphatic imine (C=N–C) groups is 1. The molecule has 18 heavy (non-hydrogen) atoms. The third-order valence-electron chi connectivity index (χ3n) is 3.20. The molecule has 0 spiro atoms. The van der Waals surface area contributed by atoms with Gasteiger partial charge >= 0.3 is 0 Å². The molecule has 0 unspecified atom stereocenters. The largest absolute Gasteiger partial charge is 0.378 e. The Labute approximate surface area is 113 Å². The number of morpholine rings is 1. The highest BCUT2D eigenvalue weighted by Gasteiger charge is 2.17. The zero-order valence-corrected chi connectivity index (χ0v) is 11.7. The summed E-state index contributed by atoms with van der Waals surface area (Å²) < 4.78 is 5.37. The van der Waals surface area contributed by atoms with Gasteiger partial charge in [0.05, 0.1) is 18.9 Å². The number of rotatable bonds is 2. The monoisotopic (exact) mass is 266 g/mol. The molecule has 0 aromatic carbocycles. The summed E-state index contributed by atoms with van der Waals surface area (Å²) in [4.78, 5) is 6.60. The molecule has 1 aliphatic heterocycles. The third-order valence-corrected chi connectivity index (χ3v) is 3.67. The molecule has 1 saturated heterocycles. The Hall–Kier alpha value is -1.06. The molecule has 0 N–H and O–H groups in total. The molecule has 0 amide bonds. The number of hydrogen-bond donors (Lipinski definition) is 0. The molecule has 0 bridgehead atoms. The summed E-state index contributed by atoms with van der Waals surface area (Å²) in [7, 11) is 1.80. The van der Waals surface area contributed by atoms with E-state index in [1.165, 1.54) is 5.70 Å². The molecule has 0 radical (unpaired) electrons. The normalized spacial score (nSPS) is 25.4. The summed E-state index contributed by atoms with van der Waals surface area (Å²) in [6.07, 6.45) is 7.12. The third kappa shape index (κ3) is 2.85. The second-order valence-electron chi connectivity index (χ2n) is 4.28. The van der Waals surface area contributed by atoms with E-state index < -0.39 is 0 Å². The molecule has 98 valence electrons. The van der Waals surface area contributed by atoms with Gasteiger partial charge in [0.15, 0.2) is 0 Å². The number of allylic oxidation sites excluding steroid dienone is 5. The Kier molecular flexibility index (Phi) is 4.61. The van der Waals surface area contributed by atoms with E-state index in [0.717, 1.165) is 49.0 Å². The Morgan fingerprint density at radius 1 is 1.39 bits per heavy atom. The maximum absolute atomic E-state index is 6.30. The minimum absolute atomic E-state index is 0.792. The topological polar surface area (TPSA) is 24.8 Å². The van der Waals surface area contributed by atoms with Crippen LogP contribution in [0.25, 0.3) is 0 Å². The second-order valence-corrected chi connectivity index (χ2v) is 4.74. The lowest BCUT2D eigenvalue weighted by molar-refractivity contribution is 0.0553. The van der Waals surface area contributed by atoms with Gasteiger partial charge in [0, 0.05) is 36.4 Å². The standard InChI is InChI=1S/C14H19ClN2O/c1-3-13(15)12-10-11(4-5-14(12)16-2)17-6-8-18-9-7-17/h4-5,10H,3,6-9H2,1-2H3/b13-12+,16-14?. The number of ether oxygens (including phenoxy) is 1. The first-order valence-electron chi connectivity index (χ1n) is 6.34. The van der Waals surface area contributed by atoms with Gasteiger partial charge in [-0.1, -0.05) is 18.5 Å². The Morgan fingerprint density at radius 2 is 2.11 bits per heavy atom. The summed E-state index contributed by atoms with van der Waals surface area (Å²) in [5.74, 6) is 0. The van der Waals surface area contributed by atoms with Gasteiger partial charge in [0.25, 0.3) is 0 Å². The Morgan fingerprint density at radius 3 is 2.72 bits per heavy atom. The predicted molar refractivity (Wildman–Crippen MR) is 76.1 cm³/mol. The average Bonchev–Trinajstić information content (AvgIpc) is 2.46. The van der Waals surface area contributed by atoms with Crippen molar-refractivity contribution in [3.63, 3.8) is 0 Å². The minimum Gasteiger partial charge on any atom is -0.378 e. The average molecular weight is 267 g/mol. The van der Waals surface area contributed by atoms with Crippen LogP contribution in [0.15, 0.2) is 39.5 Å². The van der Waals surface area contributed by atoms with Gasteiger partial charge in [0.1, 0.15) is 0 Å². The second kappa shape index (κ2) is 6.21. The highest BCUT2D eigenvalue weighted by atomic mass is 35.5. The molecule has 0 aromatic heterocycles. The van der Waals surface area contributed by atoms with Gasteiger partial charge in [-0.3, -0.25) is 4.99 Å². The van der Waals surface area contributed by atoms with Crippen molar-refractivity contribution in [3.05, 3.63) is 34.5 Å². The van der Waals surface area contributed by atoms with Crippen LogP contribution >= 0.6 is 11.6 Å². The fourth-order valence-electron chi connectivity index (χ4n) is 2.14. The van der Waals surface area contributed by atoms with Crippen LogP contribution in [0, 0.1) is 0 Å². The van der Waals surface area contributed by atoms with Crippen LogP contribution < -0.4 is 0 Å². The van der Waals surface area contributed by atoms with Crippen molar-refractivity contribution in [2.75, 3.05) is 33.4 Å². The molecule has 1 aliphatic carbocycles. The maximum Gasteiger partial charge on any atom is 0.0656 e. The van der Waals surface area contributed by atoms with Crippen LogP contribution in [-0.4, -0.2) is 44.0 Å². The quantitative estimate of drug-likeness (QED) is 0.768. The lowest BCUT2D eigenvalue weighted by Gasteiger charge is -2.31. The molecular formula is C14H19ClN2O. The van der Waals surface area contributed by atoms with Gasteiger partial charge < -0.3 is 9.64 Å². The van der Waals surface area contributed by atoms with Crippen molar-refractivity contribution in [2.24, 2.45) is 4.99 Å². The molecule has 0 saturated carbocycles. The fourth-order valence-corrected chi connectivity index (χ4v) is 2.30. The van der Waals surface area contributed by atoms with E-state index in [4.69, 9.17) is 16.3 Å². The van der Waals surface area contributed by atoms with E-state index in [-0.39, 0.29) is 0 Å². The summed E-state index contributed by atoms with van der Waals surface area (Å²) in [6.45, 7) is 5.52. The van der Waals surface area contributed by atoms with Gasteiger partial charge in [-0.05, 0) is 24.6 Å². The molecule has 3 nitrogen and oxygen atoms in total. The van der Waals surface area contributed by atoms with Crippen LogP contribution in [0.3, 0.4) is 0 Å². The van der Waals surface area contributed by atoms with Gasteiger partial charge in [-0.15, -0.1) is 0 Å². The van der Waals surface area contributed by atoms with Crippen molar-refractivity contribution >= 4 is 17.3 Å². The zero-order valence-electron chi connectivity index (χ0n) is 10.9. The van der Waals surface area contributed by atoms with E-state index in [1.54, 1.807) is 7.05 Å². The fraction of sp³-hybridized carbons (Fsp3) is 0.500. The number of nitrogens with zero attached hydrogens (tertiary/aromatic N) is 2. The Bertz CT molecular complexity index is 429. The first-order valence-corrected chi connectivity index (χ1v) is 6.72. The molecule has 0 atom stereocenters. The molecule has 1 heterocycles. The van der Waals surface area contributed by atoms with Crippen LogP contribution in [0.4, 0.5) is 0 Å². The van der Waals surface area contributed by atoms with Crippen molar-refractivity contribution in [1.82, 2.24) is 4.90 Å². The zero-order chi connectivity index (χ0) is 13.0. The highest BCUT2D eigenvalue weighted by molar-refractivity contribution is 6.33. The van der Waals surface area contributed by atoms with Crippen molar-refractivity contribution in [2.45, 2.75) is 13.3 Å². The van der Waals surface area contributed by atoms with E-state index in [9.17, 15) is 0 Å².